The fourth-order valence-corrected chi connectivity index (χ4v) is 4.35. The lowest BCUT2D eigenvalue weighted by atomic mass is 10.0. The Balaban J connectivity index is 2.32. The van der Waals surface area contributed by atoms with E-state index in [2.05, 4.69) is 10.7 Å². The number of halogens is 1. The third-order valence-electron chi connectivity index (χ3n) is 5.03. The number of hydrogen-bond acceptors (Lipinski definition) is 4. The van der Waals surface area contributed by atoms with Gasteiger partial charge in [0.05, 0.1) is 18.7 Å². The van der Waals surface area contributed by atoms with Gasteiger partial charge < -0.3 is 15.4 Å². The number of fused-ring (bicyclic) bond motifs is 1. The summed E-state index contributed by atoms with van der Waals surface area (Å²) < 4.78 is 42.3. The maximum Gasteiger partial charge on any atom is 0.335 e. The van der Waals surface area contributed by atoms with Crippen LogP contribution in [0.5, 0.6) is 0 Å². The lowest BCUT2D eigenvalue weighted by Gasteiger charge is -2.12. The molecule has 0 spiro atoms. The van der Waals surface area contributed by atoms with Gasteiger partial charge in [-0.1, -0.05) is 0 Å². The zero-order chi connectivity index (χ0) is 22.9. The van der Waals surface area contributed by atoms with Gasteiger partial charge in [0.1, 0.15) is 10.7 Å². The van der Waals surface area contributed by atoms with Crippen LogP contribution in [-0.2, 0) is 16.6 Å². The van der Waals surface area contributed by atoms with Crippen LogP contribution in [0, 0.1) is 6.92 Å². The minimum Gasteiger partial charge on any atom is -0.478 e. The molecule has 0 bridgehead atoms. The molecule has 1 aromatic carbocycles. The number of benzene rings is 1. The van der Waals surface area contributed by atoms with E-state index in [1.54, 1.807) is 17.6 Å². The van der Waals surface area contributed by atoms with Gasteiger partial charge in [0.15, 0.2) is 0 Å². The molecule has 3 rings (SSSR count). The molecule has 0 unspecified atom stereocenters. The van der Waals surface area contributed by atoms with Crippen LogP contribution >= 0.6 is 0 Å². The Kier molecular flexibility index (Phi) is 6.25. The Bertz CT molecular complexity index is 1300. The second-order valence-electron chi connectivity index (χ2n) is 7.22. The Labute approximate surface area is 179 Å². The molecule has 10 heteroatoms. The molecule has 0 atom stereocenters. The maximum atomic E-state index is 14.3. The van der Waals surface area contributed by atoms with Gasteiger partial charge >= 0.3 is 5.97 Å². The second-order valence-corrected chi connectivity index (χ2v) is 9.37. The van der Waals surface area contributed by atoms with Crippen molar-refractivity contribution >= 4 is 26.9 Å². The van der Waals surface area contributed by atoms with Gasteiger partial charge in [0.2, 0.25) is 10.0 Å². The van der Waals surface area contributed by atoms with Crippen LogP contribution < -0.4 is 5.73 Å². The number of pyridine rings is 1. The molecule has 0 aliphatic heterocycles. The molecule has 0 fully saturated rings. The highest BCUT2D eigenvalue weighted by Crippen LogP contribution is 2.36. The second kappa shape index (κ2) is 8.58. The standard InChI is InChI=1S/C21H23FN4O4S/c1-13-20(15-8-17(11-24-10-15)31(29,30)25(2)3)18-9-14(21(27)28)4-5-19(18)26(13)12-16(22)6-7-23/h4-6,8-11H,7,12,23H2,1-3H3,(H,27,28)/p+1. The number of aromatic nitrogens is 2. The lowest BCUT2D eigenvalue weighted by molar-refractivity contribution is -0.353. The van der Waals surface area contributed by atoms with E-state index >= 15 is 0 Å². The SMILES string of the molecule is Cc1c(-c2cncc(S(=O)(=O)N(C)C)c2)c2cc(C(=O)O)ccc2n1CC(F)=CC[NH3+]. The normalized spacial score (nSPS) is 12.6. The predicted octanol–water partition coefficient (Wildman–Crippen LogP) is 2.06. The molecule has 0 saturated carbocycles. The van der Waals surface area contributed by atoms with Gasteiger partial charge in [-0.3, -0.25) is 4.98 Å². The summed E-state index contributed by atoms with van der Waals surface area (Å²) in [5, 5.41) is 10.00. The van der Waals surface area contributed by atoms with Gasteiger partial charge in [0, 0.05) is 60.3 Å². The summed E-state index contributed by atoms with van der Waals surface area (Å²) in [6, 6.07) is 6.08. The van der Waals surface area contributed by atoms with Crippen molar-refractivity contribution in [3.8, 4) is 11.1 Å². The van der Waals surface area contributed by atoms with Crippen molar-refractivity contribution in [3.63, 3.8) is 0 Å². The summed E-state index contributed by atoms with van der Waals surface area (Å²) in [6.45, 7) is 2.03. The smallest absolute Gasteiger partial charge is 0.335 e. The summed E-state index contributed by atoms with van der Waals surface area (Å²) in [5.74, 6) is -1.46. The number of carboxylic acids is 1. The number of sulfonamides is 1. The average Bonchev–Trinajstić information content (AvgIpc) is 2.99. The van der Waals surface area contributed by atoms with Crippen molar-refractivity contribution < 1.29 is 28.4 Å². The van der Waals surface area contributed by atoms with Crippen LogP contribution in [0.2, 0.25) is 0 Å². The summed E-state index contributed by atoms with van der Waals surface area (Å²) in [7, 11) is -0.868. The Morgan fingerprint density at radius 2 is 2.00 bits per heavy atom. The lowest BCUT2D eigenvalue weighted by Crippen LogP contribution is -2.49. The zero-order valence-corrected chi connectivity index (χ0v) is 18.3. The number of quaternary nitrogens is 1. The van der Waals surface area contributed by atoms with Crippen molar-refractivity contribution in [3.05, 3.63) is 59.8 Å². The summed E-state index contributed by atoms with van der Waals surface area (Å²) in [5.41, 5.74) is 6.08. The molecule has 0 aliphatic carbocycles. The molecule has 3 aromatic rings. The predicted molar refractivity (Wildman–Crippen MR) is 115 cm³/mol. The number of allylic oxidation sites excluding steroid dienone is 1. The molecule has 4 N–H and O–H groups in total. The largest absolute Gasteiger partial charge is 0.478 e. The molecule has 0 radical (unpaired) electrons. The zero-order valence-electron chi connectivity index (χ0n) is 17.5. The molecule has 31 heavy (non-hydrogen) atoms. The Morgan fingerprint density at radius 1 is 1.29 bits per heavy atom. The first kappa shape index (κ1) is 22.6. The van der Waals surface area contributed by atoms with Crippen LogP contribution in [0.1, 0.15) is 16.1 Å². The summed E-state index contributed by atoms with van der Waals surface area (Å²) >= 11 is 0. The van der Waals surface area contributed by atoms with E-state index in [1.807, 2.05) is 0 Å². The molecular formula is C21H24FN4O4S+. The monoisotopic (exact) mass is 447 g/mol. The average molecular weight is 448 g/mol. The van der Waals surface area contributed by atoms with E-state index < -0.39 is 16.0 Å². The highest BCUT2D eigenvalue weighted by molar-refractivity contribution is 7.89. The van der Waals surface area contributed by atoms with Gasteiger partial charge in [-0.15, -0.1) is 0 Å². The first-order valence-corrected chi connectivity index (χ1v) is 10.9. The van der Waals surface area contributed by atoms with Gasteiger partial charge in [-0.05, 0) is 31.2 Å². The minimum absolute atomic E-state index is 0.00724. The van der Waals surface area contributed by atoms with E-state index in [0.29, 0.717) is 34.3 Å². The van der Waals surface area contributed by atoms with Crippen molar-refractivity contribution in [1.82, 2.24) is 13.9 Å². The van der Waals surface area contributed by atoms with Crippen molar-refractivity contribution in [2.75, 3.05) is 20.6 Å². The number of aromatic carboxylic acids is 1. The number of hydrogen-bond donors (Lipinski definition) is 2. The topological polar surface area (TPSA) is 120 Å². The maximum absolute atomic E-state index is 14.3. The van der Waals surface area contributed by atoms with Gasteiger partial charge in [0.25, 0.3) is 0 Å². The third kappa shape index (κ3) is 4.22. The molecular weight excluding hydrogens is 423 g/mol. The number of nitrogens with zero attached hydrogens (tertiary/aromatic N) is 3. The van der Waals surface area contributed by atoms with E-state index in [0.717, 1.165) is 4.31 Å². The molecule has 8 nitrogen and oxygen atoms in total. The Hall–Kier alpha value is -3.08. The van der Waals surface area contributed by atoms with Crippen LogP contribution in [-0.4, -0.2) is 54.0 Å². The Morgan fingerprint density at radius 3 is 2.61 bits per heavy atom. The van der Waals surface area contributed by atoms with Crippen molar-refractivity contribution in [2.45, 2.75) is 18.4 Å². The molecule has 164 valence electrons. The summed E-state index contributed by atoms with van der Waals surface area (Å²) in [6.07, 6.45) is 4.14. The number of carbonyl (C=O) groups is 1. The minimum atomic E-state index is -3.72. The fraction of sp³-hybridized carbons (Fsp3) is 0.238. The molecule has 2 aromatic heterocycles. The van der Waals surface area contributed by atoms with Crippen LogP contribution in [0.15, 0.2) is 53.5 Å². The molecule has 2 heterocycles. The highest BCUT2D eigenvalue weighted by Gasteiger charge is 2.22. The summed E-state index contributed by atoms with van der Waals surface area (Å²) in [4.78, 5) is 15.6. The van der Waals surface area contributed by atoms with E-state index in [9.17, 15) is 22.7 Å². The molecule has 0 amide bonds. The number of carboxylic acid groups (broad SMARTS) is 1. The first-order chi connectivity index (χ1) is 14.6. The van der Waals surface area contributed by atoms with Crippen molar-refractivity contribution in [1.29, 1.82) is 0 Å². The third-order valence-corrected chi connectivity index (χ3v) is 6.81. The van der Waals surface area contributed by atoms with Crippen molar-refractivity contribution in [2.24, 2.45) is 0 Å². The first-order valence-electron chi connectivity index (χ1n) is 9.45. The number of rotatable bonds is 7. The van der Waals surface area contributed by atoms with Gasteiger partial charge in [-0.25, -0.2) is 21.9 Å². The fourth-order valence-electron chi connectivity index (χ4n) is 3.46. The van der Waals surface area contributed by atoms with E-state index in [1.165, 1.54) is 50.8 Å². The van der Waals surface area contributed by atoms with E-state index in [-0.39, 0.29) is 22.8 Å². The van der Waals surface area contributed by atoms with Crippen LogP contribution in [0.25, 0.3) is 22.0 Å². The molecule has 0 aliphatic rings. The van der Waals surface area contributed by atoms with Gasteiger partial charge in [-0.2, -0.15) is 0 Å². The van der Waals surface area contributed by atoms with Crippen LogP contribution in [0.3, 0.4) is 0 Å². The molecule has 0 saturated heterocycles. The highest BCUT2D eigenvalue weighted by atomic mass is 32.2. The quantitative estimate of drug-likeness (QED) is 0.574. The van der Waals surface area contributed by atoms with Crippen LogP contribution in [0.4, 0.5) is 4.39 Å². The van der Waals surface area contributed by atoms with E-state index in [4.69, 9.17) is 0 Å².